The van der Waals surface area contributed by atoms with E-state index in [4.69, 9.17) is 16.7 Å². The van der Waals surface area contributed by atoms with Gasteiger partial charge >= 0.3 is 5.97 Å². The molecule has 1 aliphatic rings. The lowest BCUT2D eigenvalue weighted by molar-refractivity contribution is 0.0696. The molecule has 72 valence electrons. The molecule has 1 N–H and O–H groups in total. The number of carboxylic acids is 1. The zero-order chi connectivity index (χ0) is 10.3. The Labute approximate surface area is 85.3 Å². The van der Waals surface area contributed by atoms with Gasteiger partial charge in [-0.25, -0.2) is 4.79 Å². The predicted octanol–water partition coefficient (Wildman–Crippen LogP) is 2.17. The highest BCUT2D eigenvalue weighted by molar-refractivity contribution is 6.34. The average Bonchev–Trinajstić information content (AvgIpc) is 2.48. The van der Waals surface area contributed by atoms with Crippen LogP contribution in [0.5, 0.6) is 0 Å². The number of carbonyl (C=O) groups excluding carboxylic acids is 1. The average molecular weight is 211 g/mol. The number of carbonyl (C=O) groups is 2. The highest BCUT2D eigenvalue weighted by atomic mass is 35.5. The van der Waals surface area contributed by atoms with Gasteiger partial charge in [0.25, 0.3) is 0 Å². The molecule has 0 radical (unpaired) electrons. The van der Waals surface area contributed by atoms with Gasteiger partial charge in [-0.1, -0.05) is 11.6 Å². The van der Waals surface area contributed by atoms with Crippen LogP contribution in [-0.4, -0.2) is 16.9 Å². The van der Waals surface area contributed by atoms with Crippen LogP contribution in [0.3, 0.4) is 0 Å². The van der Waals surface area contributed by atoms with Gasteiger partial charge in [0.1, 0.15) is 0 Å². The minimum absolute atomic E-state index is 0.00180. The lowest BCUT2D eigenvalue weighted by Gasteiger charge is -2.02. The molecule has 0 fully saturated rings. The maximum absolute atomic E-state index is 11.3. The highest BCUT2D eigenvalue weighted by Crippen LogP contribution is 2.30. The first-order chi connectivity index (χ1) is 6.59. The van der Waals surface area contributed by atoms with Crippen molar-refractivity contribution in [1.29, 1.82) is 0 Å². The number of aryl methyl sites for hydroxylation is 1. The molecular weight excluding hydrogens is 204 g/mol. The number of halogens is 1. The van der Waals surface area contributed by atoms with E-state index in [-0.39, 0.29) is 16.4 Å². The first-order valence-electron chi connectivity index (χ1n) is 4.18. The predicted molar refractivity (Wildman–Crippen MR) is 51.1 cm³/mol. The number of hydrogen-bond acceptors (Lipinski definition) is 2. The van der Waals surface area contributed by atoms with Crippen LogP contribution in [0.15, 0.2) is 12.1 Å². The van der Waals surface area contributed by atoms with Gasteiger partial charge in [-0.2, -0.15) is 0 Å². The van der Waals surface area contributed by atoms with Crippen molar-refractivity contribution in [2.75, 3.05) is 0 Å². The van der Waals surface area contributed by atoms with Gasteiger partial charge in [0, 0.05) is 12.0 Å². The van der Waals surface area contributed by atoms with E-state index in [1.807, 2.05) is 0 Å². The molecule has 0 amide bonds. The largest absolute Gasteiger partial charge is 0.478 e. The van der Waals surface area contributed by atoms with E-state index >= 15 is 0 Å². The summed E-state index contributed by atoms with van der Waals surface area (Å²) >= 11 is 5.83. The minimum atomic E-state index is -1.02. The van der Waals surface area contributed by atoms with E-state index in [1.54, 1.807) is 0 Å². The van der Waals surface area contributed by atoms with Crippen LogP contribution >= 0.6 is 11.6 Å². The highest BCUT2D eigenvalue weighted by Gasteiger charge is 2.24. The second kappa shape index (κ2) is 3.10. The van der Waals surface area contributed by atoms with Crippen LogP contribution in [0.25, 0.3) is 0 Å². The summed E-state index contributed by atoms with van der Waals surface area (Å²) in [7, 11) is 0. The summed E-state index contributed by atoms with van der Waals surface area (Å²) in [6, 6.07) is 2.85. The van der Waals surface area contributed by atoms with Crippen LogP contribution in [0, 0.1) is 0 Å². The Kier molecular flexibility index (Phi) is 2.04. The van der Waals surface area contributed by atoms with E-state index in [9.17, 15) is 9.59 Å². The van der Waals surface area contributed by atoms with Crippen molar-refractivity contribution in [2.45, 2.75) is 12.8 Å². The molecule has 0 saturated heterocycles. The molecule has 0 heterocycles. The van der Waals surface area contributed by atoms with Gasteiger partial charge < -0.3 is 5.11 Å². The van der Waals surface area contributed by atoms with Gasteiger partial charge in [0.15, 0.2) is 5.78 Å². The zero-order valence-electron chi connectivity index (χ0n) is 7.21. The molecule has 2 rings (SSSR count). The number of rotatable bonds is 1. The number of aromatic carboxylic acids is 1. The first-order valence-corrected chi connectivity index (χ1v) is 4.56. The Hall–Kier alpha value is -1.35. The van der Waals surface area contributed by atoms with E-state index in [0.717, 1.165) is 5.56 Å². The van der Waals surface area contributed by atoms with E-state index < -0.39 is 5.97 Å². The second-order valence-corrected chi connectivity index (χ2v) is 3.63. The maximum Gasteiger partial charge on any atom is 0.335 e. The van der Waals surface area contributed by atoms with Crippen LogP contribution in [0.2, 0.25) is 5.02 Å². The molecule has 0 aliphatic heterocycles. The normalized spacial score (nSPS) is 14.2. The Morgan fingerprint density at radius 2 is 2.07 bits per heavy atom. The van der Waals surface area contributed by atoms with Gasteiger partial charge in [0.2, 0.25) is 0 Å². The lowest BCUT2D eigenvalue weighted by Crippen LogP contribution is -2.00. The topological polar surface area (TPSA) is 54.4 Å². The van der Waals surface area contributed by atoms with Crippen LogP contribution in [0.4, 0.5) is 0 Å². The summed E-state index contributed by atoms with van der Waals surface area (Å²) in [5, 5.41) is 9.02. The summed E-state index contributed by atoms with van der Waals surface area (Å²) < 4.78 is 0. The summed E-state index contributed by atoms with van der Waals surface area (Å²) in [6.45, 7) is 0. The summed E-state index contributed by atoms with van der Waals surface area (Å²) in [5.41, 5.74) is 1.39. The standard InChI is InChI=1S/C10H7ClO3/c11-7-4-6(10(13)14)3-5-1-2-8(12)9(5)7/h3-4H,1-2H2,(H,13,14). The van der Waals surface area contributed by atoms with Gasteiger partial charge in [-0.3, -0.25) is 4.79 Å². The van der Waals surface area contributed by atoms with Crippen molar-refractivity contribution in [3.63, 3.8) is 0 Å². The van der Waals surface area contributed by atoms with E-state index in [1.165, 1.54) is 12.1 Å². The van der Waals surface area contributed by atoms with Gasteiger partial charge in [-0.05, 0) is 24.1 Å². The summed E-state index contributed by atoms with van der Waals surface area (Å²) in [6.07, 6.45) is 1.02. The molecule has 0 spiro atoms. The molecule has 0 unspecified atom stereocenters. The van der Waals surface area contributed by atoms with Crippen molar-refractivity contribution >= 4 is 23.4 Å². The maximum atomic E-state index is 11.3. The minimum Gasteiger partial charge on any atom is -0.478 e. The molecule has 0 aromatic heterocycles. The van der Waals surface area contributed by atoms with E-state index in [0.29, 0.717) is 18.4 Å². The molecule has 14 heavy (non-hydrogen) atoms. The molecule has 1 aromatic carbocycles. The number of carboxylic acid groups (broad SMARTS) is 1. The lowest BCUT2D eigenvalue weighted by atomic mass is 10.1. The third kappa shape index (κ3) is 1.30. The third-order valence-corrected chi connectivity index (χ3v) is 2.62. The molecule has 4 heteroatoms. The fourth-order valence-corrected chi connectivity index (χ4v) is 2.01. The third-order valence-electron chi connectivity index (χ3n) is 2.32. The molecule has 0 atom stereocenters. The van der Waals surface area contributed by atoms with Crippen molar-refractivity contribution in [1.82, 2.24) is 0 Å². The molecule has 1 aromatic rings. The first kappa shape index (κ1) is 9.21. The van der Waals surface area contributed by atoms with Gasteiger partial charge in [-0.15, -0.1) is 0 Å². The quantitative estimate of drug-likeness (QED) is 0.773. The van der Waals surface area contributed by atoms with Crippen LogP contribution in [0.1, 0.15) is 32.7 Å². The Morgan fingerprint density at radius 1 is 1.36 bits per heavy atom. The smallest absolute Gasteiger partial charge is 0.335 e. The fraction of sp³-hybridized carbons (Fsp3) is 0.200. The molecule has 3 nitrogen and oxygen atoms in total. The SMILES string of the molecule is O=C(O)c1cc(Cl)c2c(c1)CCC2=O. The van der Waals surface area contributed by atoms with Crippen molar-refractivity contribution < 1.29 is 14.7 Å². The summed E-state index contributed by atoms with van der Waals surface area (Å²) in [4.78, 5) is 22.0. The number of hydrogen-bond donors (Lipinski definition) is 1. The molecule has 0 saturated carbocycles. The second-order valence-electron chi connectivity index (χ2n) is 3.22. The zero-order valence-corrected chi connectivity index (χ0v) is 7.97. The van der Waals surface area contributed by atoms with Crippen LogP contribution in [-0.2, 0) is 6.42 Å². The number of ketones is 1. The molecule has 1 aliphatic carbocycles. The van der Waals surface area contributed by atoms with Crippen molar-refractivity contribution in [3.05, 3.63) is 33.8 Å². The van der Waals surface area contributed by atoms with E-state index in [2.05, 4.69) is 0 Å². The van der Waals surface area contributed by atoms with Crippen molar-refractivity contribution in [3.8, 4) is 0 Å². The fourth-order valence-electron chi connectivity index (χ4n) is 1.67. The van der Waals surface area contributed by atoms with Crippen molar-refractivity contribution in [2.24, 2.45) is 0 Å². The Balaban J connectivity index is 2.62. The van der Waals surface area contributed by atoms with Crippen LogP contribution < -0.4 is 0 Å². The number of Topliss-reactive ketones (excluding diaryl/α,β-unsaturated/α-hetero) is 1. The Morgan fingerprint density at radius 3 is 2.71 bits per heavy atom. The monoisotopic (exact) mass is 210 g/mol. The van der Waals surface area contributed by atoms with Gasteiger partial charge in [0.05, 0.1) is 10.6 Å². The summed E-state index contributed by atoms with van der Waals surface area (Å²) in [5.74, 6) is -1.02. The Bertz CT molecular complexity index is 437. The number of fused-ring (bicyclic) bond motifs is 1. The molecular formula is C10H7ClO3. The molecule has 0 bridgehead atoms. The number of benzene rings is 1.